The summed E-state index contributed by atoms with van der Waals surface area (Å²) in [4.78, 5) is 0. The molecule has 1 aromatic rings. The zero-order valence-electron chi connectivity index (χ0n) is 9.69. The molecule has 0 atom stereocenters. The SMILES string of the molecule is COc1cccc(/C(Cl)=C/C2SCCCS2)c1. The van der Waals surface area contributed by atoms with Crippen molar-refractivity contribution in [3.8, 4) is 5.75 Å². The molecule has 0 amide bonds. The summed E-state index contributed by atoms with van der Waals surface area (Å²) in [5.74, 6) is 3.31. The molecule has 1 aromatic carbocycles. The number of methoxy groups -OCH3 is 1. The summed E-state index contributed by atoms with van der Waals surface area (Å²) in [6.07, 6.45) is 3.45. The topological polar surface area (TPSA) is 9.23 Å². The van der Waals surface area contributed by atoms with E-state index in [0.29, 0.717) is 4.58 Å². The minimum atomic E-state index is 0.488. The van der Waals surface area contributed by atoms with Gasteiger partial charge in [0.15, 0.2) is 0 Å². The van der Waals surface area contributed by atoms with Gasteiger partial charge in [-0.15, -0.1) is 23.5 Å². The number of hydrogen-bond acceptors (Lipinski definition) is 3. The van der Waals surface area contributed by atoms with Gasteiger partial charge >= 0.3 is 0 Å². The molecule has 0 radical (unpaired) electrons. The van der Waals surface area contributed by atoms with Crippen molar-refractivity contribution in [1.82, 2.24) is 0 Å². The van der Waals surface area contributed by atoms with Crippen molar-refractivity contribution in [3.05, 3.63) is 35.9 Å². The fourth-order valence-corrected chi connectivity index (χ4v) is 4.68. The zero-order chi connectivity index (χ0) is 12.1. The van der Waals surface area contributed by atoms with Gasteiger partial charge in [0.05, 0.1) is 11.7 Å². The maximum Gasteiger partial charge on any atom is 0.119 e. The molecule has 0 N–H and O–H groups in total. The molecule has 17 heavy (non-hydrogen) atoms. The maximum atomic E-state index is 6.35. The van der Waals surface area contributed by atoms with Crippen LogP contribution in [-0.4, -0.2) is 23.2 Å². The number of halogens is 1. The van der Waals surface area contributed by atoms with E-state index in [1.54, 1.807) is 7.11 Å². The van der Waals surface area contributed by atoms with E-state index in [1.165, 1.54) is 17.9 Å². The van der Waals surface area contributed by atoms with E-state index in [1.807, 2.05) is 47.8 Å². The predicted molar refractivity (Wildman–Crippen MR) is 80.1 cm³/mol. The van der Waals surface area contributed by atoms with Gasteiger partial charge in [0.1, 0.15) is 5.75 Å². The molecule has 0 saturated carbocycles. The number of ether oxygens (including phenoxy) is 1. The molecule has 0 bridgehead atoms. The van der Waals surface area contributed by atoms with E-state index < -0.39 is 0 Å². The van der Waals surface area contributed by atoms with E-state index >= 15 is 0 Å². The van der Waals surface area contributed by atoms with E-state index in [0.717, 1.165) is 16.3 Å². The molecule has 0 unspecified atom stereocenters. The number of benzene rings is 1. The van der Waals surface area contributed by atoms with Crippen LogP contribution in [-0.2, 0) is 0 Å². The van der Waals surface area contributed by atoms with Crippen molar-refractivity contribution < 1.29 is 4.74 Å². The second kappa shape index (κ2) is 6.62. The van der Waals surface area contributed by atoms with Gasteiger partial charge in [-0.05, 0) is 41.7 Å². The molecule has 1 saturated heterocycles. The normalized spacial score (nSPS) is 18.1. The monoisotopic (exact) mass is 286 g/mol. The summed E-state index contributed by atoms with van der Waals surface area (Å²) in [5.41, 5.74) is 1.03. The van der Waals surface area contributed by atoms with Gasteiger partial charge in [-0.1, -0.05) is 23.7 Å². The van der Waals surface area contributed by atoms with Crippen molar-refractivity contribution in [1.29, 1.82) is 0 Å². The average Bonchev–Trinajstić information content (AvgIpc) is 2.40. The third-order valence-corrected chi connectivity index (χ3v) is 5.62. The summed E-state index contributed by atoms with van der Waals surface area (Å²) in [7, 11) is 1.67. The highest BCUT2D eigenvalue weighted by Crippen LogP contribution is 2.34. The maximum absolute atomic E-state index is 6.35. The molecule has 92 valence electrons. The number of hydrogen-bond donors (Lipinski definition) is 0. The lowest BCUT2D eigenvalue weighted by molar-refractivity contribution is 0.414. The summed E-state index contributed by atoms with van der Waals surface area (Å²) in [6, 6.07) is 7.87. The fraction of sp³-hybridized carbons (Fsp3) is 0.385. The smallest absolute Gasteiger partial charge is 0.119 e. The highest BCUT2D eigenvalue weighted by Gasteiger charge is 2.13. The second-order valence-corrected chi connectivity index (χ2v) is 6.91. The summed E-state index contributed by atoms with van der Waals surface area (Å²) >= 11 is 10.3. The Hall–Kier alpha value is -0.250. The first kappa shape index (κ1) is 13.2. The Morgan fingerprint density at radius 3 is 2.88 bits per heavy atom. The van der Waals surface area contributed by atoms with Gasteiger partial charge in [0.25, 0.3) is 0 Å². The Labute approximate surface area is 116 Å². The van der Waals surface area contributed by atoms with Crippen LogP contribution in [0.1, 0.15) is 12.0 Å². The Balaban J connectivity index is 2.11. The van der Waals surface area contributed by atoms with Crippen molar-refractivity contribution in [2.45, 2.75) is 11.0 Å². The average molecular weight is 287 g/mol. The van der Waals surface area contributed by atoms with Gasteiger partial charge in [0, 0.05) is 5.03 Å². The lowest BCUT2D eigenvalue weighted by atomic mass is 10.2. The molecule has 1 heterocycles. The van der Waals surface area contributed by atoms with Crippen LogP contribution in [0.15, 0.2) is 30.3 Å². The van der Waals surface area contributed by atoms with E-state index in [-0.39, 0.29) is 0 Å². The Bertz CT molecular complexity index is 400. The standard InChI is InChI=1S/C13H15ClOS2/c1-15-11-5-2-4-10(8-11)12(14)9-13-16-6-3-7-17-13/h2,4-5,8-9,13H,3,6-7H2,1H3/b12-9-. The van der Waals surface area contributed by atoms with Gasteiger partial charge in [-0.2, -0.15) is 0 Å². The van der Waals surface area contributed by atoms with Crippen molar-refractivity contribution in [2.24, 2.45) is 0 Å². The third-order valence-electron chi connectivity index (χ3n) is 2.48. The van der Waals surface area contributed by atoms with Crippen LogP contribution in [0.3, 0.4) is 0 Å². The molecular weight excluding hydrogens is 272 g/mol. The predicted octanol–water partition coefficient (Wildman–Crippen LogP) is 4.47. The molecule has 0 aromatic heterocycles. The number of rotatable bonds is 3. The molecule has 1 aliphatic rings. The molecule has 2 rings (SSSR count). The molecule has 1 fully saturated rings. The van der Waals surface area contributed by atoms with Gasteiger partial charge in [-0.3, -0.25) is 0 Å². The molecule has 1 nitrogen and oxygen atoms in total. The van der Waals surface area contributed by atoms with Crippen LogP contribution in [0.5, 0.6) is 5.75 Å². The van der Waals surface area contributed by atoms with Crippen molar-refractivity contribution >= 4 is 40.2 Å². The van der Waals surface area contributed by atoms with Crippen LogP contribution in [0.2, 0.25) is 0 Å². The van der Waals surface area contributed by atoms with Crippen LogP contribution >= 0.6 is 35.1 Å². The minimum absolute atomic E-state index is 0.488. The highest BCUT2D eigenvalue weighted by atomic mass is 35.5. The fourth-order valence-electron chi connectivity index (χ4n) is 1.59. The first-order valence-corrected chi connectivity index (χ1v) is 8.02. The second-order valence-electron chi connectivity index (χ2n) is 3.71. The van der Waals surface area contributed by atoms with E-state index in [2.05, 4.69) is 6.08 Å². The Kier molecular flexibility index (Phi) is 5.14. The summed E-state index contributed by atoms with van der Waals surface area (Å²) in [6.45, 7) is 0. The largest absolute Gasteiger partial charge is 0.497 e. The van der Waals surface area contributed by atoms with Crippen LogP contribution in [0.25, 0.3) is 5.03 Å². The molecule has 1 aliphatic heterocycles. The van der Waals surface area contributed by atoms with E-state index in [4.69, 9.17) is 16.3 Å². The summed E-state index contributed by atoms with van der Waals surface area (Å²) in [5, 5.41) is 0.816. The first-order chi connectivity index (χ1) is 8.29. The molecule has 0 aliphatic carbocycles. The highest BCUT2D eigenvalue weighted by molar-refractivity contribution is 8.17. The third kappa shape index (κ3) is 3.87. The lowest BCUT2D eigenvalue weighted by Crippen LogP contribution is -2.03. The first-order valence-electron chi connectivity index (χ1n) is 5.54. The minimum Gasteiger partial charge on any atom is -0.497 e. The molecule has 4 heteroatoms. The Morgan fingerprint density at radius 2 is 2.18 bits per heavy atom. The Morgan fingerprint density at radius 1 is 1.41 bits per heavy atom. The molecule has 0 spiro atoms. The van der Waals surface area contributed by atoms with Crippen molar-refractivity contribution in [2.75, 3.05) is 18.6 Å². The zero-order valence-corrected chi connectivity index (χ0v) is 12.1. The summed E-state index contributed by atoms with van der Waals surface area (Å²) < 4.78 is 5.69. The van der Waals surface area contributed by atoms with Gasteiger partial charge < -0.3 is 4.74 Å². The van der Waals surface area contributed by atoms with Gasteiger partial charge in [-0.25, -0.2) is 0 Å². The quantitative estimate of drug-likeness (QED) is 0.811. The van der Waals surface area contributed by atoms with Crippen molar-refractivity contribution in [3.63, 3.8) is 0 Å². The van der Waals surface area contributed by atoms with Crippen LogP contribution in [0.4, 0.5) is 0 Å². The molecular formula is C13H15ClOS2. The van der Waals surface area contributed by atoms with Crippen LogP contribution in [0, 0.1) is 0 Å². The van der Waals surface area contributed by atoms with E-state index in [9.17, 15) is 0 Å². The number of thioether (sulfide) groups is 2. The van der Waals surface area contributed by atoms with Crippen LogP contribution < -0.4 is 4.74 Å². The lowest BCUT2D eigenvalue weighted by Gasteiger charge is -2.18. The van der Waals surface area contributed by atoms with Gasteiger partial charge in [0.2, 0.25) is 0 Å².